The fraction of sp³-hybridized carbons (Fsp3) is 0.529. The minimum absolute atomic E-state index is 0.00888. The second kappa shape index (κ2) is 7.93. The lowest BCUT2D eigenvalue weighted by atomic mass is 10.2. The zero-order valence-electron chi connectivity index (χ0n) is 14.4. The Labute approximate surface area is 159 Å². The second-order valence-corrected chi connectivity index (χ2v) is 6.84. The maximum Gasteiger partial charge on any atom is 0.417 e. The highest BCUT2D eigenvalue weighted by molar-refractivity contribution is 6.31. The molecule has 0 bridgehead atoms. The highest BCUT2D eigenvalue weighted by atomic mass is 35.5. The Balaban J connectivity index is 1.56. The van der Waals surface area contributed by atoms with Crippen molar-refractivity contribution in [3.8, 4) is 0 Å². The van der Waals surface area contributed by atoms with Crippen LogP contribution in [0.2, 0.25) is 5.02 Å². The third-order valence-electron chi connectivity index (χ3n) is 4.61. The van der Waals surface area contributed by atoms with E-state index in [1.807, 2.05) is 0 Å². The van der Waals surface area contributed by atoms with Gasteiger partial charge in [0.05, 0.1) is 10.6 Å². The van der Waals surface area contributed by atoms with Gasteiger partial charge < -0.3 is 19.9 Å². The number of hydrogen-bond acceptors (Lipinski definition) is 3. The van der Waals surface area contributed by atoms with Crippen molar-refractivity contribution < 1.29 is 27.5 Å². The SMILES string of the molecule is O=C(Nc1ccc(Cl)c(C(F)(F)F)c1)N1CCN(C(=O)C2CCCO2)CC1. The second-order valence-electron chi connectivity index (χ2n) is 6.44. The molecule has 0 radical (unpaired) electrons. The molecule has 6 nitrogen and oxygen atoms in total. The van der Waals surface area contributed by atoms with E-state index in [0.29, 0.717) is 39.2 Å². The molecule has 2 aliphatic heterocycles. The van der Waals surface area contributed by atoms with Gasteiger partial charge in [-0.2, -0.15) is 13.2 Å². The van der Waals surface area contributed by atoms with Crippen LogP contribution in [-0.4, -0.2) is 60.6 Å². The molecule has 2 saturated heterocycles. The van der Waals surface area contributed by atoms with Crippen LogP contribution in [-0.2, 0) is 15.7 Å². The van der Waals surface area contributed by atoms with E-state index in [-0.39, 0.29) is 11.6 Å². The number of piperazine rings is 1. The largest absolute Gasteiger partial charge is 0.417 e. The Bertz CT molecular complexity index is 715. The first-order chi connectivity index (χ1) is 12.8. The summed E-state index contributed by atoms with van der Waals surface area (Å²) in [5, 5.41) is 2.02. The van der Waals surface area contributed by atoms with Crippen LogP contribution in [0.15, 0.2) is 18.2 Å². The molecule has 2 heterocycles. The summed E-state index contributed by atoms with van der Waals surface area (Å²) in [6.07, 6.45) is -3.44. The van der Waals surface area contributed by atoms with Gasteiger partial charge >= 0.3 is 12.2 Å². The van der Waals surface area contributed by atoms with Gasteiger partial charge in [-0.15, -0.1) is 0 Å². The molecule has 2 aliphatic rings. The van der Waals surface area contributed by atoms with Crippen molar-refractivity contribution >= 4 is 29.2 Å². The summed E-state index contributed by atoms with van der Waals surface area (Å²) >= 11 is 5.57. The summed E-state index contributed by atoms with van der Waals surface area (Å²) in [5.74, 6) is -0.0694. The number of alkyl halides is 3. The van der Waals surface area contributed by atoms with Crippen molar-refractivity contribution in [3.05, 3.63) is 28.8 Å². The molecular formula is C17H19ClF3N3O3. The monoisotopic (exact) mass is 405 g/mol. The molecule has 0 saturated carbocycles. The summed E-state index contributed by atoms with van der Waals surface area (Å²) in [6.45, 7) is 1.90. The Morgan fingerprint density at radius 3 is 2.41 bits per heavy atom. The van der Waals surface area contributed by atoms with Gasteiger partial charge in [0.1, 0.15) is 6.10 Å². The van der Waals surface area contributed by atoms with E-state index in [1.165, 1.54) is 11.0 Å². The van der Waals surface area contributed by atoms with Crippen LogP contribution in [0.25, 0.3) is 0 Å². The number of amides is 3. The van der Waals surface area contributed by atoms with Crippen LogP contribution in [0.4, 0.5) is 23.7 Å². The van der Waals surface area contributed by atoms with Gasteiger partial charge in [-0.1, -0.05) is 11.6 Å². The average molecular weight is 406 g/mol. The third-order valence-corrected chi connectivity index (χ3v) is 4.94. The number of urea groups is 1. The van der Waals surface area contributed by atoms with E-state index in [0.717, 1.165) is 18.6 Å². The molecule has 1 atom stereocenters. The number of rotatable bonds is 2. The van der Waals surface area contributed by atoms with E-state index in [2.05, 4.69) is 5.32 Å². The highest BCUT2D eigenvalue weighted by Crippen LogP contribution is 2.36. The minimum atomic E-state index is -4.61. The Hall–Kier alpha value is -2.00. The van der Waals surface area contributed by atoms with Crippen LogP contribution in [0, 0.1) is 0 Å². The lowest BCUT2D eigenvalue weighted by Gasteiger charge is -2.35. The Kier molecular flexibility index (Phi) is 5.81. The molecule has 1 N–H and O–H groups in total. The van der Waals surface area contributed by atoms with E-state index >= 15 is 0 Å². The molecule has 0 spiro atoms. The van der Waals surface area contributed by atoms with Crippen molar-refractivity contribution in [2.45, 2.75) is 25.1 Å². The van der Waals surface area contributed by atoms with Crippen molar-refractivity contribution in [1.29, 1.82) is 0 Å². The van der Waals surface area contributed by atoms with Crippen LogP contribution in [0.5, 0.6) is 0 Å². The van der Waals surface area contributed by atoms with Crippen LogP contribution < -0.4 is 5.32 Å². The lowest BCUT2D eigenvalue weighted by Crippen LogP contribution is -2.53. The van der Waals surface area contributed by atoms with E-state index in [4.69, 9.17) is 16.3 Å². The quantitative estimate of drug-likeness (QED) is 0.821. The van der Waals surface area contributed by atoms with E-state index in [9.17, 15) is 22.8 Å². The van der Waals surface area contributed by atoms with Gasteiger partial charge in [-0.05, 0) is 31.0 Å². The van der Waals surface area contributed by atoms with Crippen LogP contribution in [0.3, 0.4) is 0 Å². The number of anilines is 1. The fourth-order valence-corrected chi connectivity index (χ4v) is 3.35. The number of carbonyl (C=O) groups excluding carboxylic acids is 2. The van der Waals surface area contributed by atoms with Crippen LogP contribution >= 0.6 is 11.6 Å². The molecule has 0 aromatic heterocycles. The summed E-state index contributed by atoms with van der Waals surface area (Å²) in [5.41, 5.74) is -0.997. The first kappa shape index (κ1) is 19.8. The summed E-state index contributed by atoms with van der Waals surface area (Å²) in [6, 6.07) is 2.69. The molecule has 2 fully saturated rings. The number of halogens is 4. The third kappa shape index (κ3) is 4.65. The molecular weight excluding hydrogens is 387 g/mol. The summed E-state index contributed by atoms with van der Waals surface area (Å²) in [7, 11) is 0. The average Bonchev–Trinajstić information content (AvgIpc) is 3.16. The molecule has 1 aromatic rings. The van der Waals surface area contributed by atoms with Gasteiger partial charge in [-0.3, -0.25) is 4.79 Å². The smallest absolute Gasteiger partial charge is 0.368 e. The Morgan fingerprint density at radius 2 is 1.81 bits per heavy atom. The van der Waals surface area contributed by atoms with Gasteiger partial charge in [0, 0.05) is 38.5 Å². The number of carbonyl (C=O) groups is 2. The molecule has 10 heteroatoms. The van der Waals surface area contributed by atoms with Gasteiger partial charge in [0.2, 0.25) is 0 Å². The number of ether oxygens (including phenoxy) is 1. The predicted octanol–water partition coefficient (Wildman–Crippen LogP) is 3.21. The fourth-order valence-electron chi connectivity index (χ4n) is 3.13. The standard InChI is InChI=1S/C17H19ClF3N3O3/c18-13-4-3-11(10-12(13)17(19,20)21)22-16(26)24-7-5-23(6-8-24)15(25)14-2-1-9-27-14/h3-4,10,14H,1-2,5-9H2,(H,22,26). The predicted molar refractivity (Wildman–Crippen MR) is 92.6 cm³/mol. The number of benzene rings is 1. The summed E-state index contributed by atoms with van der Waals surface area (Å²) in [4.78, 5) is 27.7. The van der Waals surface area contributed by atoms with Crippen LogP contribution in [0.1, 0.15) is 18.4 Å². The zero-order chi connectivity index (χ0) is 19.6. The molecule has 27 heavy (non-hydrogen) atoms. The number of nitrogens with one attached hydrogen (secondary N) is 1. The maximum atomic E-state index is 12.9. The number of hydrogen-bond donors (Lipinski definition) is 1. The minimum Gasteiger partial charge on any atom is -0.368 e. The highest BCUT2D eigenvalue weighted by Gasteiger charge is 2.34. The molecule has 3 rings (SSSR count). The van der Waals surface area contributed by atoms with E-state index < -0.39 is 28.9 Å². The van der Waals surface area contributed by atoms with Gasteiger partial charge in [0.25, 0.3) is 5.91 Å². The molecule has 148 valence electrons. The Morgan fingerprint density at radius 1 is 1.15 bits per heavy atom. The summed E-state index contributed by atoms with van der Waals surface area (Å²) < 4.78 is 44.1. The van der Waals surface area contributed by atoms with Gasteiger partial charge in [-0.25, -0.2) is 4.79 Å². The lowest BCUT2D eigenvalue weighted by molar-refractivity contribution is -0.142. The molecule has 1 unspecified atom stereocenters. The number of nitrogens with zero attached hydrogens (tertiary/aromatic N) is 2. The van der Waals surface area contributed by atoms with Gasteiger partial charge in [0.15, 0.2) is 0 Å². The normalized spacial score (nSPS) is 20.7. The molecule has 3 amide bonds. The van der Waals surface area contributed by atoms with E-state index in [1.54, 1.807) is 4.90 Å². The zero-order valence-corrected chi connectivity index (χ0v) is 15.1. The van der Waals surface area contributed by atoms with Crippen molar-refractivity contribution in [1.82, 2.24) is 9.80 Å². The molecule has 0 aliphatic carbocycles. The molecule has 1 aromatic carbocycles. The van der Waals surface area contributed by atoms with Crippen molar-refractivity contribution in [3.63, 3.8) is 0 Å². The first-order valence-electron chi connectivity index (χ1n) is 8.59. The topological polar surface area (TPSA) is 61.9 Å². The maximum absolute atomic E-state index is 12.9. The van der Waals surface area contributed by atoms with Crippen molar-refractivity contribution in [2.24, 2.45) is 0 Å². The first-order valence-corrected chi connectivity index (χ1v) is 8.96. The van der Waals surface area contributed by atoms with Crippen molar-refractivity contribution in [2.75, 3.05) is 38.1 Å².